The molecule has 2 aromatic carbocycles. The highest BCUT2D eigenvalue weighted by Gasteiger charge is 2.29. The third-order valence-electron chi connectivity index (χ3n) is 4.78. The molecule has 1 aliphatic rings. The van der Waals surface area contributed by atoms with Gasteiger partial charge < -0.3 is 5.32 Å². The zero-order valence-electron chi connectivity index (χ0n) is 13.6. The second-order valence-electron chi connectivity index (χ2n) is 6.48. The lowest BCUT2D eigenvalue weighted by Crippen LogP contribution is -2.28. The molecule has 23 heavy (non-hydrogen) atoms. The topological polar surface area (TPSA) is 29.1 Å². The van der Waals surface area contributed by atoms with E-state index in [4.69, 9.17) is 0 Å². The molecule has 0 bridgehead atoms. The Morgan fingerprint density at radius 2 is 1.65 bits per heavy atom. The summed E-state index contributed by atoms with van der Waals surface area (Å²) in [6.45, 7) is 1.03. The maximum Gasteiger partial charge on any atom is 0.165 e. The maximum atomic E-state index is 12.5. The van der Waals surface area contributed by atoms with Crippen LogP contribution in [0.3, 0.4) is 0 Å². The predicted octanol–water partition coefficient (Wildman–Crippen LogP) is 4.26. The largest absolute Gasteiger partial charge is 0.314 e. The van der Waals surface area contributed by atoms with Crippen LogP contribution in [0, 0.1) is 5.92 Å². The van der Waals surface area contributed by atoms with Crippen molar-refractivity contribution in [3.8, 4) is 0 Å². The van der Waals surface area contributed by atoms with Gasteiger partial charge in [-0.3, -0.25) is 4.79 Å². The first-order valence-electron chi connectivity index (χ1n) is 8.69. The lowest BCUT2D eigenvalue weighted by Gasteiger charge is -2.13. The van der Waals surface area contributed by atoms with Crippen molar-refractivity contribution in [3.63, 3.8) is 0 Å². The van der Waals surface area contributed by atoms with Gasteiger partial charge >= 0.3 is 0 Å². The van der Waals surface area contributed by atoms with E-state index in [1.165, 1.54) is 5.56 Å². The Bertz CT molecular complexity index is 608. The van der Waals surface area contributed by atoms with Crippen molar-refractivity contribution in [1.29, 1.82) is 0 Å². The zero-order chi connectivity index (χ0) is 15.9. The third kappa shape index (κ3) is 4.52. The molecule has 0 spiro atoms. The van der Waals surface area contributed by atoms with Crippen LogP contribution in [0.1, 0.15) is 41.6 Å². The van der Waals surface area contributed by atoms with Gasteiger partial charge in [0.1, 0.15) is 0 Å². The number of ketones is 1. The fraction of sp³-hybridized carbons (Fsp3) is 0.381. The highest BCUT2D eigenvalue weighted by molar-refractivity contribution is 5.98. The van der Waals surface area contributed by atoms with Gasteiger partial charge in [-0.05, 0) is 44.2 Å². The molecule has 120 valence electrons. The van der Waals surface area contributed by atoms with Gasteiger partial charge in [0.2, 0.25) is 0 Å². The van der Waals surface area contributed by atoms with Crippen LogP contribution in [-0.2, 0) is 6.42 Å². The van der Waals surface area contributed by atoms with E-state index < -0.39 is 0 Å². The number of benzene rings is 2. The number of aryl methyl sites for hydroxylation is 1. The van der Waals surface area contributed by atoms with Crippen molar-refractivity contribution in [3.05, 3.63) is 71.8 Å². The molecule has 1 aliphatic carbocycles. The third-order valence-corrected chi connectivity index (χ3v) is 4.78. The van der Waals surface area contributed by atoms with E-state index in [0.717, 1.165) is 44.2 Å². The summed E-state index contributed by atoms with van der Waals surface area (Å²) in [5, 5.41) is 3.64. The quantitative estimate of drug-likeness (QED) is 0.611. The van der Waals surface area contributed by atoms with E-state index in [1.807, 2.05) is 30.3 Å². The smallest absolute Gasteiger partial charge is 0.165 e. The van der Waals surface area contributed by atoms with Crippen molar-refractivity contribution in [1.82, 2.24) is 5.32 Å². The Morgan fingerprint density at radius 1 is 0.957 bits per heavy atom. The van der Waals surface area contributed by atoms with Crippen molar-refractivity contribution in [2.24, 2.45) is 5.92 Å². The molecular formula is C21H25NO. The predicted molar refractivity (Wildman–Crippen MR) is 94.7 cm³/mol. The van der Waals surface area contributed by atoms with Crippen LogP contribution in [-0.4, -0.2) is 18.4 Å². The molecule has 2 heteroatoms. The lowest BCUT2D eigenvalue weighted by atomic mass is 9.96. The molecule has 0 radical (unpaired) electrons. The molecule has 0 amide bonds. The molecule has 2 nitrogen and oxygen atoms in total. The van der Waals surface area contributed by atoms with Crippen molar-refractivity contribution < 1.29 is 4.79 Å². The first kappa shape index (κ1) is 15.9. The van der Waals surface area contributed by atoms with Crippen LogP contribution in [0.25, 0.3) is 0 Å². The minimum atomic E-state index is 0.198. The van der Waals surface area contributed by atoms with Crippen molar-refractivity contribution in [2.75, 3.05) is 6.54 Å². The van der Waals surface area contributed by atoms with E-state index in [9.17, 15) is 4.79 Å². The second kappa shape index (κ2) is 8.07. The highest BCUT2D eigenvalue weighted by atomic mass is 16.1. The molecule has 2 unspecified atom stereocenters. The molecule has 2 atom stereocenters. The zero-order valence-corrected chi connectivity index (χ0v) is 13.6. The highest BCUT2D eigenvalue weighted by Crippen LogP contribution is 2.28. The van der Waals surface area contributed by atoms with Gasteiger partial charge in [0, 0.05) is 17.5 Å². The summed E-state index contributed by atoms with van der Waals surface area (Å²) >= 11 is 0. The van der Waals surface area contributed by atoms with Gasteiger partial charge in [0.15, 0.2) is 5.78 Å². The summed E-state index contributed by atoms with van der Waals surface area (Å²) in [7, 11) is 0. The Labute approximate surface area is 138 Å². The SMILES string of the molecule is O=C(c1ccccc1)C1CCC(NCCCc2ccccc2)C1. The summed E-state index contributed by atoms with van der Waals surface area (Å²) in [5.41, 5.74) is 2.26. The van der Waals surface area contributed by atoms with Gasteiger partial charge in [0.05, 0.1) is 0 Å². The minimum absolute atomic E-state index is 0.198. The number of hydrogen-bond donors (Lipinski definition) is 1. The van der Waals surface area contributed by atoms with E-state index in [2.05, 4.69) is 35.6 Å². The number of carbonyl (C=O) groups excluding carboxylic acids is 1. The minimum Gasteiger partial charge on any atom is -0.314 e. The van der Waals surface area contributed by atoms with Gasteiger partial charge in [0.25, 0.3) is 0 Å². The lowest BCUT2D eigenvalue weighted by molar-refractivity contribution is 0.0921. The van der Waals surface area contributed by atoms with E-state index in [0.29, 0.717) is 11.8 Å². The molecule has 0 heterocycles. The monoisotopic (exact) mass is 307 g/mol. The molecule has 0 aliphatic heterocycles. The first-order valence-corrected chi connectivity index (χ1v) is 8.69. The van der Waals surface area contributed by atoms with Crippen LogP contribution < -0.4 is 5.32 Å². The molecule has 1 saturated carbocycles. The average Bonchev–Trinajstić information content (AvgIpc) is 3.09. The molecule has 1 N–H and O–H groups in total. The summed E-state index contributed by atoms with van der Waals surface area (Å²) in [4.78, 5) is 12.5. The normalized spacial score (nSPS) is 20.5. The summed E-state index contributed by atoms with van der Waals surface area (Å²) in [6.07, 6.45) is 5.39. The first-order chi connectivity index (χ1) is 11.3. The molecule has 2 aromatic rings. The number of Topliss-reactive ketones (excluding diaryl/α,β-unsaturated/α-hetero) is 1. The summed E-state index contributed by atoms with van der Waals surface area (Å²) in [5.74, 6) is 0.517. The fourth-order valence-electron chi connectivity index (χ4n) is 3.49. The van der Waals surface area contributed by atoms with Gasteiger partial charge in [-0.25, -0.2) is 0 Å². The van der Waals surface area contributed by atoms with Crippen molar-refractivity contribution >= 4 is 5.78 Å². The van der Waals surface area contributed by atoms with Gasteiger partial charge in [-0.2, -0.15) is 0 Å². The van der Waals surface area contributed by atoms with E-state index >= 15 is 0 Å². The molecule has 1 fully saturated rings. The van der Waals surface area contributed by atoms with Gasteiger partial charge in [-0.1, -0.05) is 60.7 Å². The summed E-state index contributed by atoms with van der Waals surface area (Å²) < 4.78 is 0. The van der Waals surface area contributed by atoms with Crippen LogP contribution in [0.2, 0.25) is 0 Å². The van der Waals surface area contributed by atoms with Crippen LogP contribution in [0.5, 0.6) is 0 Å². The Kier molecular flexibility index (Phi) is 5.60. The van der Waals surface area contributed by atoms with E-state index in [-0.39, 0.29) is 5.92 Å². The van der Waals surface area contributed by atoms with Gasteiger partial charge in [-0.15, -0.1) is 0 Å². The van der Waals surface area contributed by atoms with Crippen molar-refractivity contribution in [2.45, 2.75) is 38.1 Å². The molecule has 3 rings (SSSR count). The standard InChI is InChI=1S/C21H25NO/c23-21(18-11-5-2-6-12-18)19-13-14-20(16-19)22-15-7-10-17-8-3-1-4-9-17/h1-6,8-9,11-12,19-20,22H,7,10,13-16H2. The van der Waals surface area contributed by atoms with Crippen LogP contribution in [0.4, 0.5) is 0 Å². The Hall–Kier alpha value is -1.93. The number of hydrogen-bond acceptors (Lipinski definition) is 2. The maximum absolute atomic E-state index is 12.5. The number of rotatable bonds is 7. The molecule has 0 aromatic heterocycles. The average molecular weight is 307 g/mol. The number of nitrogens with one attached hydrogen (secondary N) is 1. The fourth-order valence-corrected chi connectivity index (χ4v) is 3.49. The summed E-state index contributed by atoms with van der Waals surface area (Å²) in [6, 6.07) is 20.8. The second-order valence-corrected chi connectivity index (χ2v) is 6.48. The molecular weight excluding hydrogens is 282 g/mol. The Morgan fingerprint density at radius 3 is 2.39 bits per heavy atom. The van der Waals surface area contributed by atoms with E-state index in [1.54, 1.807) is 0 Å². The van der Waals surface area contributed by atoms with Crippen LogP contribution >= 0.6 is 0 Å². The number of carbonyl (C=O) groups is 1. The molecule has 0 saturated heterocycles. The Balaban J connectivity index is 1.39. The van der Waals surface area contributed by atoms with Crippen LogP contribution in [0.15, 0.2) is 60.7 Å².